The molecule has 2 aromatic heterocycles. The number of para-hydroxylation sites is 1. The number of amides is 1. The number of methoxy groups -OCH3 is 2. The van der Waals surface area contributed by atoms with Gasteiger partial charge in [-0.1, -0.05) is 18.2 Å². The van der Waals surface area contributed by atoms with E-state index in [1.165, 1.54) is 14.2 Å². The summed E-state index contributed by atoms with van der Waals surface area (Å²) in [5.41, 5.74) is 2.78. The van der Waals surface area contributed by atoms with Crippen molar-refractivity contribution in [2.24, 2.45) is 0 Å². The van der Waals surface area contributed by atoms with Crippen LogP contribution < -0.4 is 20.3 Å². The normalized spacial score (nSPS) is 10.9. The lowest BCUT2D eigenvalue weighted by molar-refractivity contribution is -0.117. The summed E-state index contributed by atoms with van der Waals surface area (Å²) < 4.78 is 13.3. The summed E-state index contributed by atoms with van der Waals surface area (Å²) in [6.45, 7) is 3.46. The monoisotopic (exact) mass is 433 g/mol. The number of carbonyl (C=O) groups excluding carboxylic acids is 1. The summed E-state index contributed by atoms with van der Waals surface area (Å²) in [6.07, 6.45) is 1.62. The van der Waals surface area contributed by atoms with Crippen LogP contribution in [0.2, 0.25) is 0 Å². The van der Waals surface area contributed by atoms with Crippen molar-refractivity contribution in [2.75, 3.05) is 19.5 Å². The first-order valence-corrected chi connectivity index (χ1v) is 9.96. The molecule has 0 saturated heterocycles. The highest BCUT2D eigenvalue weighted by Gasteiger charge is 2.18. The predicted octanol–water partition coefficient (Wildman–Crippen LogP) is 2.85. The summed E-state index contributed by atoms with van der Waals surface area (Å²) in [4.78, 5) is 26.0. The highest BCUT2D eigenvalue weighted by Crippen LogP contribution is 2.29. The first-order valence-electron chi connectivity index (χ1n) is 9.96. The highest BCUT2D eigenvalue weighted by molar-refractivity contribution is 5.92. The number of aryl methyl sites for hydroxylation is 2. The Morgan fingerprint density at radius 2 is 1.88 bits per heavy atom. The zero-order valence-electron chi connectivity index (χ0n) is 18.2. The van der Waals surface area contributed by atoms with Gasteiger partial charge in [0.2, 0.25) is 5.91 Å². The second kappa shape index (κ2) is 8.54. The van der Waals surface area contributed by atoms with E-state index < -0.39 is 11.5 Å². The molecule has 0 aliphatic heterocycles. The Kier molecular flexibility index (Phi) is 5.63. The maximum atomic E-state index is 13.3. The standard InChI is InChI=1S/C23H23N5O4/c1-14-7-5-6-8-19(14)28-22-17(12-24-28)15(2)26-27(23(22)30)13-21(29)25-18-11-16(31-3)9-10-20(18)32-4/h5-12H,13H2,1-4H3,(H,25,29). The van der Waals surface area contributed by atoms with E-state index in [2.05, 4.69) is 15.5 Å². The molecule has 0 fully saturated rings. The minimum absolute atomic E-state index is 0.269. The van der Waals surface area contributed by atoms with Crippen LogP contribution >= 0.6 is 0 Å². The molecule has 1 N–H and O–H groups in total. The minimum Gasteiger partial charge on any atom is -0.497 e. The third kappa shape index (κ3) is 3.80. The van der Waals surface area contributed by atoms with Gasteiger partial charge in [-0.2, -0.15) is 10.2 Å². The van der Waals surface area contributed by atoms with Gasteiger partial charge in [-0.05, 0) is 37.6 Å². The van der Waals surface area contributed by atoms with Gasteiger partial charge in [0, 0.05) is 11.5 Å². The van der Waals surface area contributed by atoms with E-state index in [0.29, 0.717) is 33.8 Å². The van der Waals surface area contributed by atoms with E-state index in [4.69, 9.17) is 9.47 Å². The van der Waals surface area contributed by atoms with E-state index in [1.54, 1.807) is 36.0 Å². The van der Waals surface area contributed by atoms with Gasteiger partial charge < -0.3 is 14.8 Å². The minimum atomic E-state index is -0.424. The zero-order chi connectivity index (χ0) is 22.8. The van der Waals surface area contributed by atoms with Gasteiger partial charge in [0.25, 0.3) is 5.56 Å². The Labute approximate surface area is 184 Å². The van der Waals surface area contributed by atoms with Crippen LogP contribution in [0.4, 0.5) is 5.69 Å². The van der Waals surface area contributed by atoms with Crippen LogP contribution in [0, 0.1) is 13.8 Å². The third-order valence-electron chi connectivity index (χ3n) is 5.18. The largest absolute Gasteiger partial charge is 0.497 e. The second-order valence-corrected chi connectivity index (χ2v) is 7.27. The number of benzene rings is 2. The number of hydrogen-bond acceptors (Lipinski definition) is 6. The van der Waals surface area contributed by atoms with Gasteiger partial charge in [0.15, 0.2) is 0 Å². The molecule has 9 heteroatoms. The van der Waals surface area contributed by atoms with Gasteiger partial charge in [0.1, 0.15) is 23.6 Å². The number of hydrogen-bond donors (Lipinski definition) is 1. The van der Waals surface area contributed by atoms with Crippen LogP contribution in [0.1, 0.15) is 11.3 Å². The fourth-order valence-electron chi connectivity index (χ4n) is 3.55. The molecule has 2 aromatic carbocycles. The molecule has 32 heavy (non-hydrogen) atoms. The maximum Gasteiger partial charge on any atom is 0.293 e. The highest BCUT2D eigenvalue weighted by atomic mass is 16.5. The molecule has 0 radical (unpaired) electrons. The summed E-state index contributed by atoms with van der Waals surface area (Å²) >= 11 is 0. The fourth-order valence-corrected chi connectivity index (χ4v) is 3.55. The van der Waals surface area contributed by atoms with Crippen LogP contribution in [0.5, 0.6) is 11.5 Å². The van der Waals surface area contributed by atoms with E-state index >= 15 is 0 Å². The molecule has 0 aliphatic rings. The van der Waals surface area contributed by atoms with Crippen molar-refractivity contribution in [1.29, 1.82) is 0 Å². The summed E-state index contributed by atoms with van der Waals surface area (Å²) in [5, 5.41) is 12.1. The molecular weight excluding hydrogens is 410 g/mol. The molecular formula is C23H23N5O4. The average Bonchev–Trinajstić information content (AvgIpc) is 3.23. The van der Waals surface area contributed by atoms with Crippen molar-refractivity contribution < 1.29 is 14.3 Å². The number of fused-ring (bicyclic) bond motifs is 1. The Balaban J connectivity index is 1.71. The Morgan fingerprint density at radius 1 is 1.09 bits per heavy atom. The second-order valence-electron chi connectivity index (χ2n) is 7.27. The number of aromatic nitrogens is 4. The van der Waals surface area contributed by atoms with E-state index in [0.717, 1.165) is 15.9 Å². The van der Waals surface area contributed by atoms with Crippen molar-refractivity contribution in [3.05, 3.63) is 70.3 Å². The number of nitrogens with zero attached hydrogens (tertiary/aromatic N) is 4. The van der Waals surface area contributed by atoms with Crippen molar-refractivity contribution in [2.45, 2.75) is 20.4 Å². The van der Waals surface area contributed by atoms with Crippen LogP contribution in [0.3, 0.4) is 0 Å². The lowest BCUT2D eigenvalue weighted by Crippen LogP contribution is -2.31. The number of rotatable bonds is 6. The number of nitrogens with one attached hydrogen (secondary N) is 1. The van der Waals surface area contributed by atoms with Gasteiger partial charge in [-0.15, -0.1) is 0 Å². The molecule has 9 nitrogen and oxygen atoms in total. The maximum absolute atomic E-state index is 13.3. The van der Waals surface area contributed by atoms with Gasteiger partial charge >= 0.3 is 0 Å². The Morgan fingerprint density at radius 3 is 2.59 bits per heavy atom. The molecule has 4 aromatic rings. The zero-order valence-corrected chi connectivity index (χ0v) is 18.2. The van der Waals surface area contributed by atoms with Crippen molar-refractivity contribution in [1.82, 2.24) is 19.6 Å². The molecule has 4 rings (SSSR count). The molecule has 0 bridgehead atoms. The summed E-state index contributed by atoms with van der Waals surface area (Å²) in [5.74, 6) is 0.617. The topological polar surface area (TPSA) is 100 Å². The lowest BCUT2D eigenvalue weighted by atomic mass is 10.2. The lowest BCUT2D eigenvalue weighted by Gasteiger charge is -2.13. The van der Waals surface area contributed by atoms with Gasteiger partial charge in [-0.25, -0.2) is 9.36 Å². The Bertz CT molecular complexity index is 1370. The number of carbonyl (C=O) groups is 1. The van der Waals surface area contributed by atoms with Gasteiger partial charge in [0.05, 0.1) is 37.5 Å². The number of ether oxygens (including phenoxy) is 2. The van der Waals surface area contributed by atoms with E-state index in [-0.39, 0.29) is 6.54 Å². The smallest absolute Gasteiger partial charge is 0.293 e. The van der Waals surface area contributed by atoms with Crippen LogP contribution in [0.25, 0.3) is 16.6 Å². The molecule has 1 amide bonds. The van der Waals surface area contributed by atoms with Crippen LogP contribution in [-0.4, -0.2) is 39.7 Å². The van der Waals surface area contributed by atoms with E-state index in [1.807, 2.05) is 31.2 Å². The summed E-state index contributed by atoms with van der Waals surface area (Å²) in [6, 6.07) is 12.7. The average molecular weight is 433 g/mol. The molecule has 0 saturated carbocycles. The predicted molar refractivity (Wildman–Crippen MR) is 121 cm³/mol. The molecule has 0 aliphatic carbocycles. The number of anilines is 1. The molecule has 0 unspecified atom stereocenters. The van der Waals surface area contributed by atoms with Crippen LogP contribution in [0.15, 0.2) is 53.5 Å². The SMILES string of the molecule is COc1ccc(OC)c(NC(=O)Cn2nc(C)c3cnn(-c4ccccc4C)c3c2=O)c1. The van der Waals surface area contributed by atoms with Crippen LogP contribution in [-0.2, 0) is 11.3 Å². The van der Waals surface area contributed by atoms with Crippen molar-refractivity contribution >= 4 is 22.5 Å². The molecule has 2 heterocycles. The molecule has 164 valence electrons. The first kappa shape index (κ1) is 21.1. The summed E-state index contributed by atoms with van der Waals surface area (Å²) in [7, 11) is 3.04. The van der Waals surface area contributed by atoms with Gasteiger partial charge in [-0.3, -0.25) is 9.59 Å². The third-order valence-corrected chi connectivity index (χ3v) is 5.18. The fraction of sp³-hybridized carbons (Fsp3) is 0.217. The molecule has 0 atom stereocenters. The van der Waals surface area contributed by atoms with Crippen molar-refractivity contribution in [3.8, 4) is 17.2 Å². The Hall–Kier alpha value is -4.14. The molecule has 0 spiro atoms. The first-order chi connectivity index (χ1) is 15.4. The van der Waals surface area contributed by atoms with Crippen molar-refractivity contribution in [3.63, 3.8) is 0 Å². The quantitative estimate of drug-likeness (QED) is 0.502. The van der Waals surface area contributed by atoms with E-state index in [9.17, 15) is 9.59 Å².